The number of benzene rings is 3. The van der Waals surface area contributed by atoms with E-state index in [1.165, 1.54) is 12.3 Å². The van der Waals surface area contributed by atoms with Crippen LogP contribution < -0.4 is 25.0 Å². The third kappa shape index (κ3) is 9.99. The first kappa shape index (κ1) is 31.8. The lowest BCUT2D eigenvalue weighted by Crippen LogP contribution is -2.49. The van der Waals surface area contributed by atoms with Crippen molar-refractivity contribution in [2.45, 2.75) is 52.9 Å². The van der Waals surface area contributed by atoms with Gasteiger partial charge in [0.05, 0.1) is 18.3 Å². The van der Waals surface area contributed by atoms with Crippen LogP contribution in [0.3, 0.4) is 0 Å². The van der Waals surface area contributed by atoms with Crippen LogP contribution in [-0.4, -0.2) is 37.3 Å². The van der Waals surface area contributed by atoms with Crippen LogP contribution in [0.5, 0.6) is 17.2 Å². The molecule has 2 atom stereocenters. The lowest BCUT2D eigenvalue weighted by Gasteiger charge is -2.22. The highest BCUT2D eigenvalue weighted by molar-refractivity contribution is 6.35. The molecule has 3 aromatic carbocycles. The van der Waals surface area contributed by atoms with E-state index in [1.807, 2.05) is 39.0 Å². The number of hydrogen-bond donors (Lipinski definition) is 2. The van der Waals surface area contributed by atoms with E-state index in [0.717, 1.165) is 11.1 Å². The third-order valence-corrected chi connectivity index (χ3v) is 6.49. The Labute approximate surface area is 251 Å². The summed E-state index contributed by atoms with van der Waals surface area (Å²) in [5, 5.41) is 7.57. The fraction of sp³-hybridized carbons (Fsp3) is 0.323. The van der Waals surface area contributed by atoms with Crippen molar-refractivity contribution in [1.29, 1.82) is 0 Å². The monoisotopic (exact) mass is 599 g/mol. The van der Waals surface area contributed by atoms with Gasteiger partial charge in [0, 0.05) is 5.02 Å². The lowest BCUT2D eigenvalue weighted by molar-refractivity contribution is -0.132. The number of aryl methyl sites for hydroxylation is 1. The molecule has 0 radical (unpaired) electrons. The number of halogens is 2. The predicted octanol–water partition coefficient (Wildman–Crippen LogP) is 6.34. The minimum absolute atomic E-state index is 0.133. The number of methoxy groups -OCH3 is 1. The average molecular weight is 601 g/mol. The summed E-state index contributed by atoms with van der Waals surface area (Å²) in [6.07, 6.45) is 0.994. The van der Waals surface area contributed by atoms with Crippen molar-refractivity contribution in [3.63, 3.8) is 0 Å². The zero-order valence-corrected chi connectivity index (χ0v) is 25.3. The molecule has 0 aliphatic heterocycles. The Balaban J connectivity index is 1.60. The van der Waals surface area contributed by atoms with Crippen molar-refractivity contribution in [2.75, 3.05) is 7.11 Å². The minimum Gasteiger partial charge on any atom is -0.493 e. The van der Waals surface area contributed by atoms with E-state index < -0.39 is 24.0 Å². The van der Waals surface area contributed by atoms with Crippen molar-refractivity contribution in [3.05, 3.63) is 87.4 Å². The number of rotatable bonds is 13. The maximum atomic E-state index is 12.9. The fourth-order valence-corrected chi connectivity index (χ4v) is 4.35. The van der Waals surface area contributed by atoms with Gasteiger partial charge in [-0.1, -0.05) is 66.9 Å². The summed E-state index contributed by atoms with van der Waals surface area (Å²) in [6, 6.07) is 17.3. The molecule has 218 valence electrons. The van der Waals surface area contributed by atoms with Crippen LogP contribution in [0.25, 0.3) is 0 Å². The molecule has 8 nitrogen and oxygen atoms in total. The predicted molar refractivity (Wildman–Crippen MR) is 162 cm³/mol. The standard InChI is InChI=1S/C31H35Cl2N3O5/c1-19(2)13-26(35-30(37)21(4)41-27-12-10-24(32)16-25(27)33)31(38)36-34-17-22-9-11-28(29(15-22)39-5)40-18-23-8-6-7-20(3)14-23/h6-12,14-17,19,21,26H,13,18H2,1-5H3,(H,35,37)(H,36,38)/b34-17-/t21-,26-/m0/s1. The number of carbonyl (C=O) groups excluding carboxylic acids is 2. The molecule has 0 saturated heterocycles. The van der Waals surface area contributed by atoms with Crippen LogP contribution in [0, 0.1) is 12.8 Å². The minimum atomic E-state index is -0.904. The van der Waals surface area contributed by atoms with Crippen molar-refractivity contribution >= 4 is 41.2 Å². The van der Waals surface area contributed by atoms with E-state index in [1.54, 1.807) is 44.4 Å². The highest BCUT2D eigenvalue weighted by atomic mass is 35.5. The maximum Gasteiger partial charge on any atom is 0.262 e. The quantitative estimate of drug-likeness (QED) is 0.176. The maximum absolute atomic E-state index is 12.9. The van der Waals surface area contributed by atoms with Crippen LogP contribution in [0.15, 0.2) is 65.8 Å². The number of amides is 2. The molecular formula is C31H35Cl2N3O5. The molecule has 0 aliphatic rings. The molecule has 10 heteroatoms. The number of ether oxygens (including phenoxy) is 3. The number of hydrogen-bond acceptors (Lipinski definition) is 6. The summed E-state index contributed by atoms with van der Waals surface area (Å²) in [6.45, 7) is 7.92. The van der Waals surface area contributed by atoms with Crippen molar-refractivity contribution < 1.29 is 23.8 Å². The second-order valence-corrected chi connectivity index (χ2v) is 10.8. The Morgan fingerprint density at radius 3 is 2.39 bits per heavy atom. The molecule has 0 bridgehead atoms. The van der Waals surface area contributed by atoms with E-state index in [9.17, 15) is 9.59 Å². The van der Waals surface area contributed by atoms with Crippen LogP contribution in [0.4, 0.5) is 0 Å². The van der Waals surface area contributed by atoms with E-state index >= 15 is 0 Å². The summed E-state index contributed by atoms with van der Waals surface area (Å²) < 4.78 is 17.1. The molecule has 0 heterocycles. The molecule has 41 heavy (non-hydrogen) atoms. The highest BCUT2D eigenvalue weighted by Gasteiger charge is 2.25. The van der Waals surface area contributed by atoms with Gasteiger partial charge in [-0.3, -0.25) is 9.59 Å². The summed E-state index contributed by atoms with van der Waals surface area (Å²) >= 11 is 12.1. The molecule has 0 spiro atoms. The van der Waals surface area contributed by atoms with E-state index in [0.29, 0.717) is 40.9 Å². The first-order valence-corrected chi connectivity index (χ1v) is 13.9. The van der Waals surface area contributed by atoms with Crippen molar-refractivity contribution in [2.24, 2.45) is 11.0 Å². The number of carbonyl (C=O) groups is 2. The molecule has 3 aromatic rings. The first-order valence-electron chi connectivity index (χ1n) is 13.2. The van der Waals surface area contributed by atoms with Gasteiger partial charge in [0.1, 0.15) is 18.4 Å². The Morgan fingerprint density at radius 2 is 1.71 bits per heavy atom. The summed E-state index contributed by atoms with van der Waals surface area (Å²) in [4.78, 5) is 25.8. The molecule has 0 fully saturated rings. The number of nitrogens with zero attached hydrogens (tertiary/aromatic N) is 1. The van der Waals surface area contributed by atoms with Crippen LogP contribution in [0.1, 0.15) is 43.9 Å². The van der Waals surface area contributed by atoms with Crippen molar-refractivity contribution in [3.8, 4) is 17.2 Å². The van der Waals surface area contributed by atoms with Gasteiger partial charge in [0.2, 0.25) is 0 Å². The summed E-state index contributed by atoms with van der Waals surface area (Å²) in [7, 11) is 1.56. The Morgan fingerprint density at radius 1 is 0.951 bits per heavy atom. The van der Waals surface area contributed by atoms with E-state index in [4.69, 9.17) is 37.4 Å². The molecule has 0 aliphatic carbocycles. The molecule has 0 saturated carbocycles. The largest absolute Gasteiger partial charge is 0.493 e. The Hall–Kier alpha value is -3.75. The number of hydrazone groups is 1. The van der Waals surface area contributed by atoms with Gasteiger partial charge < -0.3 is 19.5 Å². The second-order valence-electron chi connectivity index (χ2n) is 9.95. The zero-order chi connectivity index (χ0) is 29.9. The van der Waals surface area contributed by atoms with E-state index in [2.05, 4.69) is 21.9 Å². The van der Waals surface area contributed by atoms with Gasteiger partial charge >= 0.3 is 0 Å². The topological polar surface area (TPSA) is 98.2 Å². The van der Waals surface area contributed by atoms with Gasteiger partial charge in [0.15, 0.2) is 17.6 Å². The van der Waals surface area contributed by atoms with Gasteiger partial charge in [-0.2, -0.15) is 5.10 Å². The molecule has 2 amide bonds. The van der Waals surface area contributed by atoms with Crippen LogP contribution >= 0.6 is 23.2 Å². The first-order chi connectivity index (χ1) is 19.5. The normalized spacial score (nSPS) is 12.6. The summed E-state index contributed by atoms with van der Waals surface area (Å²) in [5.41, 5.74) is 5.42. The molecular weight excluding hydrogens is 565 g/mol. The zero-order valence-electron chi connectivity index (χ0n) is 23.7. The molecule has 3 rings (SSSR count). The Kier molecular flexibility index (Phi) is 11.9. The van der Waals surface area contributed by atoms with Gasteiger partial charge in [-0.25, -0.2) is 5.43 Å². The lowest BCUT2D eigenvalue weighted by atomic mass is 10.0. The molecule has 0 unspecified atom stereocenters. The van der Waals surface area contributed by atoms with Gasteiger partial charge in [-0.05, 0) is 73.7 Å². The fourth-order valence-electron chi connectivity index (χ4n) is 3.90. The highest BCUT2D eigenvalue weighted by Crippen LogP contribution is 2.29. The number of nitrogens with one attached hydrogen (secondary N) is 2. The van der Waals surface area contributed by atoms with Crippen molar-refractivity contribution in [1.82, 2.24) is 10.7 Å². The summed E-state index contributed by atoms with van der Waals surface area (Å²) in [5.74, 6) is 0.652. The van der Waals surface area contributed by atoms with E-state index in [-0.39, 0.29) is 10.9 Å². The Bertz CT molecular complexity index is 1380. The molecule has 0 aromatic heterocycles. The molecule has 2 N–H and O–H groups in total. The van der Waals surface area contributed by atoms with Gasteiger partial charge in [-0.15, -0.1) is 0 Å². The van der Waals surface area contributed by atoms with Gasteiger partial charge in [0.25, 0.3) is 11.8 Å². The smallest absolute Gasteiger partial charge is 0.262 e. The second kappa shape index (κ2) is 15.3. The SMILES string of the molecule is COc1cc(/C=N\NC(=O)[C@H](CC(C)C)NC(=O)[C@H](C)Oc2ccc(Cl)cc2Cl)ccc1OCc1cccc(C)c1. The van der Waals surface area contributed by atoms with Crippen LogP contribution in [-0.2, 0) is 16.2 Å². The third-order valence-electron chi connectivity index (χ3n) is 5.96. The van der Waals surface area contributed by atoms with Crippen LogP contribution in [0.2, 0.25) is 10.0 Å². The average Bonchev–Trinajstić information content (AvgIpc) is 2.93.